The molecule has 9 N–H and O–H groups in total. The van der Waals surface area contributed by atoms with Crippen LogP contribution in [0.25, 0.3) is 0 Å². The Bertz CT molecular complexity index is 614. The number of primary amides is 1. The van der Waals surface area contributed by atoms with Crippen molar-refractivity contribution >= 4 is 48.2 Å². The SMILES string of the molecule is NCC(=O)NC(CS)C(=O)NC(CC(N)=O)C(=O)NC(CC(=O)O)C(=O)O. The van der Waals surface area contributed by atoms with Crippen LogP contribution in [0.3, 0.4) is 0 Å². The molecule has 0 heterocycles. The number of carbonyl (C=O) groups is 6. The summed E-state index contributed by atoms with van der Waals surface area (Å²) in [7, 11) is 0. The monoisotopic (exact) mass is 407 g/mol. The Balaban J connectivity index is 5.23. The summed E-state index contributed by atoms with van der Waals surface area (Å²) in [6.45, 7) is -0.405. The Morgan fingerprint density at radius 3 is 1.78 bits per heavy atom. The zero-order chi connectivity index (χ0) is 21.1. The fourth-order valence-corrected chi connectivity index (χ4v) is 2.03. The Morgan fingerprint density at radius 2 is 1.37 bits per heavy atom. The average Bonchev–Trinajstić information content (AvgIpc) is 2.56. The zero-order valence-corrected chi connectivity index (χ0v) is 14.9. The number of rotatable bonds is 12. The van der Waals surface area contributed by atoms with Gasteiger partial charge in [0.1, 0.15) is 18.1 Å². The van der Waals surface area contributed by atoms with Crippen molar-refractivity contribution in [3.63, 3.8) is 0 Å². The molecule has 0 aromatic carbocycles. The highest BCUT2D eigenvalue weighted by Crippen LogP contribution is 2.00. The second kappa shape index (κ2) is 11.7. The summed E-state index contributed by atoms with van der Waals surface area (Å²) in [4.78, 5) is 68.4. The van der Waals surface area contributed by atoms with Gasteiger partial charge in [0.2, 0.25) is 23.6 Å². The topological polar surface area (TPSA) is 231 Å². The molecular formula is C13H21N5O8S. The smallest absolute Gasteiger partial charge is 0.326 e. The minimum Gasteiger partial charge on any atom is -0.481 e. The quantitative estimate of drug-likeness (QED) is 0.146. The van der Waals surface area contributed by atoms with Crippen molar-refractivity contribution in [1.82, 2.24) is 16.0 Å². The van der Waals surface area contributed by atoms with Crippen LogP contribution in [0.1, 0.15) is 12.8 Å². The Hall–Kier alpha value is -2.87. The molecule has 4 amide bonds. The number of carboxylic acid groups (broad SMARTS) is 2. The highest BCUT2D eigenvalue weighted by Gasteiger charge is 2.31. The van der Waals surface area contributed by atoms with Crippen molar-refractivity contribution in [3.8, 4) is 0 Å². The van der Waals surface area contributed by atoms with Crippen molar-refractivity contribution < 1.29 is 39.0 Å². The molecule has 0 rings (SSSR count). The van der Waals surface area contributed by atoms with Crippen LogP contribution in [0, 0.1) is 0 Å². The van der Waals surface area contributed by atoms with E-state index in [0.717, 1.165) is 0 Å². The van der Waals surface area contributed by atoms with Crippen LogP contribution >= 0.6 is 12.6 Å². The molecule has 152 valence electrons. The molecule has 0 bridgehead atoms. The number of amides is 4. The zero-order valence-electron chi connectivity index (χ0n) is 14.0. The molecule has 27 heavy (non-hydrogen) atoms. The standard InChI is InChI=1S/C13H21N5O8S/c14-3-9(20)16-7(4-27)12(24)17-5(1-8(15)19)11(23)18-6(13(25)26)2-10(21)22/h5-7,27H,1-4,14H2,(H2,15,19)(H,16,20)(H,17,24)(H,18,23)(H,21,22)(H,25,26). The summed E-state index contributed by atoms with van der Waals surface area (Å²) < 4.78 is 0. The molecule has 3 atom stereocenters. The summed E-state index contributed by atoms with van der Waals surface area (Å²) in [5.74, 6) is -6.99. The molecule has 0 spiro atoms. The highest BCUT2D eigenvalue weighted by molar-refractivity contribution is 7.80. The lowest BCUT2D eigenvalue weighted by Gasteiger charge is -2.22. The number of carbonyl (C=O) groups excluding carboxylic acids is 4. The maximum absolute atomic E-state index is 12.2. The Kier molecular flexibility index (Phi) is 10.4. The first-order valence-electron chi connectivity index (χ1n) is 7.45. The van der Waals surface area contributed by atoms with Gasteiger partial charge in [-0.25, -0.2) is 4.79 Å². The molecule has 0 aromatic heterocycles. The van der Waals surface area contributed by atoms with Gasteiger partial charge in [0.25, 0.3) is 0 Å². The normalized spacial score (nSPS) is 13.6. The van der Waals surface area contributed by atoms with Crippen LogP contribution in [-0.2, 0) is 28.8 Å². The number of nitrogens with one attached hydrogen (secondary N) is 3. The van der Waals surface area contributed by atoms with E-state index >= 15 is 0 Å². The molecule has 0 aliphatic rings. The second-order valence-corrected chi connectivity index (χ2v) is 5.60. The van der Waals surface area contributed by atoms with E-state index in [9.17, 15) is 28.8 Å². The molecule has 0 aromatic rings. The van der Waals surface area contributed by atoms with Gasteiger partial charge in [-0.05, 0) is 0 Å². The van der Waals surface area contributed by atoms with Gasteiger partial charge in [-0.15, -0.1) is 0 Å². The van der Waals surface area contributed by atoms with Gasteiger partial charge in [0, 0.05) is 5.75 Å². The predicted molar refractivity (Wildman–Crippen MR) is 92.4 cm³/mol. The lowest BCUT2D eigenvalue weighted by Crippen LogP contribution is -2.57. The Morgan fingerprint density at radius 1 is 0.852 bits per heavy atom. The maximum atomic E-state index is 12.2. The number of carboxylic acids is 2. The largest absolute Gasteiger partial charge is 0.481 e. The lowest BCUT2D eigenvalue weighted by molar-refractivity contribution is -0.147. The minimum absolute atomic E-state index is 0.167. The molecule has 0 aliphatic carbocycles. The lowest BCUT2D eigenvalue weighted by atomic mass is 10.1. The van der Waals surface area contributed by atoms with Crippen molar-refractivity contribution in [1.29, 1.82) is 0 Å². The number of aliphatic carboxylic acids is 2. The third-order valence-electron chi connectivity index (χ3n) is 3.05. The van der Waals surface area contributed by atoms with E-state index in [-0.39, 0.29) is 5.75 Å². The van der Waals surface area contributed by atoms with E-state index in [4.69, 9.17) is 21.7 Å². The molecule has 14 heteroatoms. The van der Waals surface area contributed by atoms with Crippen LogP contribution in [-0.4, -0.2) is 76.2 Å². The summed E-state index contributed by atoms with van der Waals surface area (Å²) >= 11 is 3.88. The van der Waals surface area contributed by atoms with E-state index in [1.807, 2.05) is 5.32 Å². The van der Waals surface area contributed by atoms with Crippen LogP contribution < -0.4 is 27.4 Å². The van der Waals surface area contributed by atoms with Gasteiger partial charge in [-0.2, -0.15) is 12.6 Å². The third kappa shape index (κ3) is 9.41. The molecule has 0 radical (unpaired) electrons. The molecule has 3 unspecified atom stereocenters. The van der Waals surface area contributed by atoms with Crippen molar-refractivity contribution in [3.05, 3.63) is 0 Å². The van der Waals surface area contributed by atoms with E-state index in [1.54, 1.807) is 0 Å². The third-order valence-corrected chi connectivity index (χ3v) is 3.42. The van der Waals surface area contributed by atoms with Gasteiger partial charge >= 0.3 is 11.9 Å². The van der Waals surface area contributed by atoms with Crippen LogP contribution in [0.4, 0.5) is 0 Å². The number of hydrogen-bond acceptors (Lipinski definition) is 8. The van der Waals surface area contributed by atoms with Gasteiger partial charge in [0.15, 0.2) is 0 Å². The number of hydrogen-bond donors (Lipinski definition) is 8. The summed E-state index contributed by atoms with van der Waals surface area (Å²) in [5, 5.41) is 23.9. The molecule has 13 nitrogen and oxygen atoms in total. The maximum Gasteiger partial charge on any atom is 0.326 e. The first-order valence-corrected chi connectivity index (χ1v) is 8.09. The second-order valence-electron chi connectivity index (χ2n) is 5.24. The highest BCUT2D eigenvalue weighted by atomic mass is 32.1. The van der Waals surface area contributed by atoms with Gasteiger partial charge in [0.05, 0.1) is 19.4 Å². The van der Waals surface area contributed by atoms with Gasteiger partial charge < -0.3 is 37.6 Å². The summed E-state index contributed by atoms with van der Waals surface area (Å²) in [6.07, 6.45) is -1.62. The molecule has 0 aliphatic heterocycles. The molecule has 0 saturated carbocycles. The molecule has 0 fully saturated rings. The number of nitrogens with two attached hydrogens (primary N) is 2. The predicted octanol–water partition coefficient (Wildman–Crippen LogP) is -4.24. The summed E-state index contributed by atoms with van der Waals surface area (Å²) in [6, 6.07) is -4.58. The van der Waals surface area contributed by atoms with E-state index in [1.165, 1.54) is 0 Å². The van der Waals surface area contributed by atoms with Crippen molar-refractivity contribution in [2.75, 3.05) is 12.3 Å². The van der Waals surface area contributed by atoms with Crippen LogP contribution in [0.5, 0.6) is 0 Å². The van der Waals surface area contributed by atoms with Crippen LogP contribution in [0.2, 0.25) is 0 Å². The number of thiol groups is 1. The summed E-state index contributed by atoms with van der Waals surface area (Å²) in [5.41, 5.74) is 10.1. The van der Waals surface area contributed by atoms with Gasteiger partial charge in [-0.1, -0.05) is 0 Å². The first-order chi connectivity index (χ1) is 12.5. The van der Waals surface area contributed by atoms with E-state index in [2.05, 4.69) is 23.3 Å². The average molecular weight is 407 g/mol. The minimum atomic E-state index is -1.79. The van der Waals surface area contributed by atoms with E-state index < -0.39 is 73.1 Å². The molecule has 0 saturated heterocycles. The fourth-order valence-electron chi connectivity index (χ4n) is 1.78. The van der Waals surface area contributed by atoms with Gasteiger partial charge in [-0.3, -0.25) is 24.0 Å². The van der Waals surface area contributed by atoms with E-state index in [0.29, 0.717) is 0 Å². The Labute approximate surface area is 158 Å². The fraction of sp³-hybridized carbons (Fsp3) is 0.538. The molecular weight excluding hydrogens is 386 g/mol. The van der Waals surface area contributed by atoms with Crippen LogP contribution in [0.15, 0.2) is 0 Å². The van der Waals surface area contributed by atoms with Crippen molar-refractivity contribution in [2.45, 2.75) is 31.0 Å². The van der Waals surface area contributed by atoms with Crippen molar-refractivity contribution in [2.24, 2.45) is 11.5 Å². The first kappa shape index (κ1) is 24.1.